The summed E-state index contributed by atoms with van der Waals surface area (Å²) in [6, 6.07) is 8.95. The largest absolute Gasteiger partial charge is 0.489 e. The second-order valence-electron chi connectivity index (χ2n) is 5.70. The smallest absolute Gasteiger partial charge is 0.122 e. The molecule has 2 rings (SSSR count). The zero-order valence-corrected chi connectivity index (χ0v) is 12.5. The van der Waals surface area contributed by atoms with Crippen LogP contribution >= 0.6 is 0 Å². The van der Waals surface area contributed by atoms with Gasteiger partial charge in [-0.2, -0.15) is 0 Å². The molecule has 0 amide bonds. The lowest BCUT2D eigenvalue weighted by Crippen LogP contribution is -2.46. The topological polar surface area (TPSA) is 21.3 Å². The highest BCUT2D eigenvalue weighted by Gasteiger charge is 2.29. The minimum absolute atomic E-state index is 0.316. The molecule has 1 aromatic rings. The van der Waals surface area contributed by atoms with Crippen LogP contribution in [0.15, 0.2) is 24.3 Å². The van der Waals surface area contributed by atoms with E-state index < -0.39 is 0 Å². The van der Waals surface area contributed by atoms with Gasteiger partial charge in [0.25, 0.3) is 0 Å². The molecular formula is C17H27NO. The molecule has 19 heavy (non-hydrogen) atoms. The molecule has 1 aromatic carbocycles. The van der Waals surface area contributed by atoms with Gasteiger partial charge in [0.2, 0.25) is 0 Å². The van der Waals surface area contributed by atoms with Gasteiger partial charge in [0.1, 0.15) is 11.9 Å². The molecule has 106 valence electrons. The van der Waals surface area contributed by atoms with Crippen molar-refractivity contribution in [3.63, 3.8) is 0 Å². The summed E-state index contributed by atoms with van der Waals surface area (Å²) >= 11 is 0. The molecule has 2 nitrogen and oxygen atoms in total. The zero-order chi connectivity index (χ0) is 13.7. The van der Waals surface area contributed by atoms with E-state index in [2.05, 4.69) is 50.4 Å². The minimum atomic E-state index is 0.316. The normalized spacial score (nSPS) is 27.2. The molecule has 0 spiro atoms. The highest BCUT2D eigenvalue weighted by molar-refractivity contribution is 5.33. The van der Waals surface area contributed by atoms with E-state index in [0.29, 0.717) is 12.1 Å². The summed E-state index contributed by atoms with van der Waals surface area (Å²) in [5.74, 6) is 1.85. The Morgan fingerprint density at radius 1 is 1.21 bits per heavy atom. The fourth-order valence-electron chi connectivity index (χ4n) is 3.03. The van der Waals surface area contributed by atoms with Crippen LogP contribution in [0.3, 0.4) is 0 Å². The van der Waals surface area contributed by atoms with Gasteiger partial charge >= 0.3 is 0 Å². The molecule has 0 saturated heterocycles. The second kappa shape index (κ2) is 6.95. The van der Waals surface area contributed by atoms with Crippen LogP contribution in [-0.4, -0.2) is 18.7 Å². The quantitative estimate of drug-likeness (QED) is 0.870. The van der Waals surface area contributed by atoms with Crippen LogP contribution in [0.1, 0.15) is 45.6 Å². The Morgan fingerprint density at radius 3 is 2.74 bits per heavy atom. The summed E-state index contributed by atoms with van der Waals surface area (Å²) in [7, 11) is 0. The Labute approximate surface area is 117 Å². The molecule has 1 N–H and O–H groups in total. The van der Waals surface area contributed by atoms with Crippen LogP contribution in [0.4, 0.5) is 0 Å². The summed E-state index contributed by atoms with van der Waals surface area (Å²) in [6.45, 7) is 7.72. The number of hydrogen-bond acceptors (Lipinski definition) is 2. The minimum Gasteiger partial charge on any atom is -0.489 e. The van der Waals surface area contributed by atoms with Crippen molar-refractivity contribution in [2.45, 2.75) is 58.6 Å². The van der Waals surface area contributed by atoms with Gasteiger partial charge < -0.3 is 10.1 Å². The number of para-hydroxylation sites is 1. The van der Waals surface area contributed by atoms with Crippen molar-refractivity contribution in [3.8, 4) is 5.75 Å². The summed E-state index contributed by atoms with van der Waals surface area (Å²) in [6.07, 6.45) is 5.05. The Bertz CT molecular complexity index is 391. The maximum absolute atomic E-state index is 6.35. The molecule has 1 fully saturated rings. The first-order chi connectivity index (χ1) is 9.24. The van der Waals surface area contributed by atoms with Crippen LogP contribution in [0, 0.1) is 5.92 Å². The molecule has 0 aliphatic heterocycles. The molecule has 0 heterocycles. The van der Waals surface area contributed by atoms with Gasteiger partial charge in [0.05, 0.1) is 0 Å². The SMILES string of the molecule is CCNC1CCC(C)CC1Oc1ccccc1CC. The van der Waals surface area contributed by atoms with Crippen molar-refractivity contribution in [1.29, 1.82) is 0 Å². The van der Waals surface area contributed by atoms with Crippen LogP contribution in [0.2, 0.25) is 0 Å². The summed E-state index contributed by atoms with van der Waals surface area (Å²) in [4.78, 5) is 0. The Morgan fingerprint density at radius 2 is 2.00 bits per heavy atom. The zero-order valence-electron chi connectivity index (χ0n) is 12.5. The molecular weight excluding hydrogens is 234 g/mol. The first-order valence-electron chi connectivity index (χ1n) is 7.72. The lowest BCUT2D eigenvalue weighted by atomic mass is 9.85. The first-order valence-corrected chi connectivity index (χ1v) is 7.72. The number of likely N-dealkylation sites (N-methyl/N-ethyl adjacent to an activating group) is 1. The van der Waals surface area contributed by atoms with Crippen molar-refractivity contribution in [1.82, 2.24) is 5.32 Å². The molecule has 2 heteroatoms. The van der Waals surface area contributed by atoms with Crippen LogP contribution < -0.4 is 10.1 Å². The predicted molar refractivity (Wildman–Crippen MR) is 80.7 cm³/mol. The monoisotopic (exact) mass is 261 g/mol. The van der Waals surface area contributed by atoms with Crippen molar-refractivity contribution in [2.75, 3.05) is 6.54 Å². The highest BCUT2D eigenvalue weighted by Crippen LogP contribution is 2.29. The lowest BCUT2D eigenvalue weighted by Gasteiger charge is -2.35. The summed E-state index contributed by atoms with van der Waals surface area (Å²) in [5.41, 5.74) is 1.32. The van der Waals surface area contributed by atoms with E-state index in [1.807, 2.05) is 0 Å². The number of aryl methyl sites for hydroxylation is 1. The molecule has 0 bridgehead atoms. The third-order valence-corrected chi connectivity index (χ3v) is 4.15. The van der Waals surface area contributed by atoms with Crippen molar-refractivity contribution >= 4 is 0 Å². The highest BCUT2D eigenvalue weighted by atomic mass is 16.5. The molecule has 0 aromatic heterocycles. The van der Waals surface area contributed by atoms with Gasteiger partial charge in [-0.15, -0.1) is 0 Å². The number of hydrogen-bond donors (Lipinski definition) is 1. The predicted octanol–water partition coefficient (Wildman–Crippen LogP) is 3.79. The Kier molecular flexibility index (Phi) is 5.26. The standard InChI is InChI=1S/C17H27NO/c1-4-14-8-6-7-9-16(14)19-17-12-13(3)10-11-15(17)18-5-2/h6-9,13,15,17-18H,4-5,10-12H2,1-3H3. The van der Waals surface area contributed by atoms with Crippen LogP contribution in [0.25, 0.3) is 0 Å². The van der Waals surface area contributed by atoms with Gasteiger partial charge in [-0.05, 0) is 49.8 Å². The van der Waals surface area contributed by atoms with Crippen molar-refractivity contribution in [2.24, 2.45) is 5.92 Å². The van der Waals surface area contributed by atoms with Crippen molar-refractivity contribution < 1.29 is 4.74 Å². The van der Waals surface area contributed by atoms with Crippen LogP contribution in [0.5, 0.6) is 5.75 Å². The Hall–Kier alpha value is -1.02. The number of rotatable bonds is 5. The fraction of sp³-hybridized carbons (Fsp3) is 0.647. The van der Waals surface area contributed by atoms with Gasteiger partial charge in [-0.3, -0.25) is 0 Å². The fourth-order valence-corrected chi connectivity index (χ4v) is 3.03. The van der Waals surface area contributed by atoms with Gasteiger partial charge in [-0.25, -0.2) is 0 Å². The van der Waals surface area contributed by atoms with E-state index in [9.17, 15) is 0 Å². The van der Waals surface area contributed by atoms with Gasteiger partial charge in [-0.1, -0.05) is 39.0 Å². The number of ether oxygens (including phenoxy) is 1. The van der Waals surface area contributed by atoms with E-state index in [0.717, 1.165) is 31.1 Å². The molecule has 1 aliphatic rings. The van der Waals surface area contributed by atoms with E-state index in [1.54, 1.807) is 0 Å². The molecule has 1 aliphatic carbocycles. The van der Waals surface area contributed by atoms with Gasteiger partial charge in [0, 0.05) is 6.04 Å². The summed E-state index contributed by atoms with van der Waals surface area (Å²) < 4.78 is 6.35. The second-order valence-corrected chi connectivity index (χ2v) is 5.70. The lowest BCUT2D eigenvalue weighted by molar-refractivity contribution is 0.0907. The van der Waals surface area contributed by atoms with Crippen LogP contribution in [-0.2, 0) is 6.42 Å². The third kappa shape index (κ3) is 3.73. The molecule has 3 atom stereocenters. The first kappa shape index (κ1) is 14.4. The molecule has 3 unspecified atom stereocenters. The van der Waals surface area contributed by atoms with Gasteiger partial charge in [0.15, 0.2) is 0 Å². The average molecular weight is 261 g/mol. The van der Waals surface area contributed by atoms with E-state index in [-0.39, 0.29) is 0 Å². The number of benzene rings is 1. The Balaban J connectivity index is 2.09. The molecule has 0 radical (unpaired) electrons. The third-order valence-electron chi connectivity index (χ3n) is 4.15. The van der Waals surface area contributed by atoms with E-state index >= 15 is 0 Å². The van der Waals surface area contributed by atoms with E-state index in [4.69, 9.17) is 4.74 Å². The maximum Gasteiger partial charge on any atom is 0.122 e. The average Bonchev–Trinajstić information content (AvgIpc) is 2.42. The van der Waals surface area contributed by atoms with E-state index in [1.165, 1.54) is 18.4 Å². The molecule has 1 saturated carbocycles. The summed E-state index contributed by atoms with van der Waals surface area (Å²) in [5, 5.41) is 3.59. The number of nitrogens with one attached hydrogen (secondary N) is 1. The maximum atomic E-state index is 6.35. The van der Waals surface area contributed by atoms with Crippen molar-refractivity contribution in [3.05, 3.63) is 29.8 Å².